The summed E-state index contributed by atoms with van der Waals surface area (Å²) in [6.07, 6.45) is 5.29. The molecule has 0 aliphatic heterocycles. The third kappa shape index (κ3) is 7.71. The summed E-state index contributed by atoms with van der Waals surface area (Å²) >= 11 is 0. The van der Waals surface area contributed by atoms with Crippen LogP contribution in [0.25, 0.3) is 99.8 Å². The van der Waals surface area contributed by atoms with Crippen LogP contribution in [0, 0.1) is 25.9 Å². The van der Waals surface area contributed by atoms with Crippen LogP contribution in [0.1, 0.15) is 40.0 Å². The molecule has 7 heteroatoms. The van der Waals surface area contributed by atoms with Gasteiger partial charge in [-0.15, -0.1) is 29.7 Å². The molecule has 13 rings (SSSR count). The molecule has 0 aliphatic carbocycles. The van der Waals surface area contributed by atoms with E-state index in [-0.39, 0.29) is 61.8 Å². The molecule has 348 valence electrons. The van der Waals surface area contributed by atoms with Crippen molar-refractivity contribution in [2.24, 2.45) is 0 Å². The first kappa shape index (κ1) is 35.7. The van der Waals surface area contributed by atoms with Crippen molar-refractivity contribution >= 4 is 54.6 Å². The Labute approximate surface area is 448 Å². The van der Waals surface area contributed by atoms with Crippen LogP contribution < -0.4 is 9.30 Å². The van der Waals surface area contributed by atoms with Gasteiger partial charge in [-0.05, 0) is 74.6 Å². The van der Waals surface area contributed by atoms with E-state index in [0.717, 1.165) is 60.7 Å². The van der Waals surface area contributed by atoms with Crippen molar-refractivity contribution < 1.29 is 44.1 Å². The molecule has 72 heavy (non-hydrogen) atoms. The minimum Gasteiger partial charge on any atom is -0.510 e. The number of imidazole rings is 1. The maximum absolute atomic E-state index is 9.07. The second kappa shape index (κ2) is 18.5. The van der Waals surface area contributed by atoms with Gasteiger partial charge in [-0.2, -0.15) is 18.2 Å². The van der Waals surface area contributed by atoms with Crippen LogP contribution in [0.15, 0.2) is 218 Å². The van der Waals surface area contributed by atoms with Crippen molar-refractivity contribution in [2.75, 3.05) is 0 Å². The Balaban J connectivity index is 0.00000353. The number of para-hydroxylation sites is 6. The molecule has 4 aromatic heterocycles. The molecule has 0 atom stereocenters. The molecule has 13 aromatic rings. The van der Waals surface area contributed by atoms with Crippen LogP contribution in [0.3, 0.4) is 0 Å². The minimum atomic E-state index is -0.576. The molecule has 0 amide bonds. The van der Waals surface area contributed by atoms with Crippen LogP contribution in [0.2, 0.25) is 0 Å². The topological polar surface area (TPSA) is 40.8 Å². The molecule has 0 aliphatic rings. The number of aromatic nitrogens is 5. The van der Waals surface area contributed by atoms with Crippen molar-refractivity contribution in [1.29, 1.82) is 0 Å². The van der Waals surface area contributed by atoms with Gasteiger partial charge in [-0.3, -0.25) is 4.57 Å². The number of ether oxygens (including phenoxy) is 1. The zero-order chi connectivity index (χ0) is 55.6. The fourth-order valence-corrected chi connectivity index (χ4v) is 9.72. The molecule has 0 bridgehead atoms. The molecule has 0 spiro atoms. The first-order chi connectivity index (χ1) is 38.5. The maximum Gasteiger partial charge on any atom is 4.00 e. The smallest absolute Gasteiger partial charge is 0.510 e. The van der Waals surface area contributed by atoms with Crippen molar-refractivity contribution in [3.8, 4) is 56.6 Å². The van der Waals surface area contributed by atoms with E-state index in [1.54, 1.807) is 33.4 Å². The first-order valence-electron chi connectivity index (χ1n) is 27.9. The van der Waals surface area contributed by atoms with Crippen molar-refractivity contribution in [1.82, 2.24) is 18.7 Å². The van der Waals surface area contributed by atoms with Crippen LogP contribution in [0.4, 0.5) is 0 Å². The monoisotopic (exact) mass is 1120 g/mol. The Morgan fingerprint density at radius 2 is 1.17 bits per heavy atom. The van der Waals surface area contributed by atoms with Gasteiger partial charge in [0.25, 0.3) is 6.33 Å². The summed E-state index contributed by atoms with van der Waals surface area (Å²) in [5, 5.41) is 4.24. The summed E-state index contributed by atoms with van der Waals surface area (Å²) in [6.45, 7) is 6.55. The normalized spacial score (nSPS) is 13.5. The standard InChI is InChI=1S/C64H45N5O.CH3.Pt/c1-64(2,3)45-37-38-65-61(39-45)69-60-41-48(35-36-53(60)54-29-18-34-59(63(54)69)68-55-30-12-10-25-51(55)52-26-11-13-31-56(52)68)70-47-24-16-23-46(40-47)66-42-67(58-33-15-14-32-57(58)66)62-49(43-19-6-4-7-20-43)27-17-28-50(62)44-21-8-5-9-22-44;;/h4-39H,1-3H3;1H3;/q-2;-1;+4/i4D,5D,6D,7D,8D,9D,19D,20D,21D,22D;;. The van der Waals surface area contributed by atoms with Crippen LogP contribution >= 0.6 is 0 Å². The Bertz CT molecular complexity index is 4570. The van der Waals surface area contributed by atoms with E-state index in [4.69, 9.17) is 23.4 Å². The molecule has 0 fully saturated rings. The minimum absolute atomic E-state index is 0. The Kier molecular flexibility index (Phi) is 9.16. The molecule has 6 nitrogen and oxygen atoms in total. The van der Waals surface area contributed by atoms with E-state index in [1.807, 2.05) is 54.7 Å². The van der Waals surface area contributed by atoms with Gasteiger partial charge in [-0.25, -0.2) is 4.98 Å². The average Bonchev–Trinajstić information content (AvgIpc) is 3.77. The number of hydrogen-bond acceptors (Lipinski definition) is 2. The fourth-order valence-electron chi connectivity index (χ4n) is 9.72. The molecule has 0 radical (unpaired) electrons. The molecule has 0 N–H and O–H groups in total. The van der Waals surface area contributed by atoms with Crippen LogP contribution in [0.5, 0.6) is 11.5 Å². The number of hydrogen-bond donors (Lipinski definition) is 0. The maximum atomic E-state index is 9.07. The van der Waals surface area contributed by atoms with Crippen LogP contribution in [-0.4, -0.2) is 18.7 Å². The first-order valence-corrected chi connectivity index (χ1v) is 22.9. The van der Waals surface area contributed by atoms with Crippen molar-refractivity contribution in [3.63, 3.8) is 0 Å². The molecule has 4 heterocycles. The summed E-state index contributed by atoms with van der Waals surface area (Å²) in [4.78, 5) is 5.03. The number of rotatable bonds is 8. The third-order valence-corrected chi connectivity index (χ3v) is 12.9. The van der Waals surface area contributed by atoms with Gasteiger partial charge >= 0.3 is 21.1 Å². The Morgan fingerprint density at radius 1 is 0.569 bits per heavy atom. The van der Waals surface area contributed by atoms with Crippen LogP contribution in [-0.2, 0) is 26.5 Å². The summed E-state index contributed by atoms with van der Waals surface area (Å²) < 4.78 is 102. The molecule has 0 unspecified atom stereocenters. The van der Waals surface area contributed by atoms with Gasteiger partial charge in [0.15, 0.2) is 0 Å². The number of nitrogens with zero attached hydrogens (tertiary/aromatic N) is 5. The SMILES string of the molecule is [2H]c1c([2H])c([2H])c(-c2cccc(-c3c([2H])c([2H])c([2H])c([2H])c3[2H])c2-[n+]2[c-]n(-c3[c-]c(Oc4[c-]c5c(cc4)c4cccc(-n6c7ccccc7c7ccccc76)c4n5-c4cc(C(C)(C)C)ccn4)ccc3)c3ccccc32)c([2H])c1[2H].[CH3-].[Pt+4]. The molecule has 9 aromatic carbocycles. The third-order valence-electron chi connectivity index (χ3n) is 12.9. The molecule has 0 saturated heterocycles. The Hall–Kier alpha value is -8.31. The van der Waals surface area contributed by atoms with E-state index in [9.17, 15) is 0 Å². The van der Waals surface area contributed by atoms with Gasteiger partial charge in [0.1, 0.15) is 5.82 Å². The van der Waals surface area contributed by atoms with E-state index < -0.39 is 60.4 Å². The molecule has 0 saturated carbocycles. The summed E-state index contributed by atoms with van der Waals surface area (Å²) in [6, 6.07) is 50.7. The van der Waals surface area contributed by atoms with Gasteiger partial charge < -0.3 is 25.9 Å². The summed E-state index contributed by atoms with van der Waals surface area (Å²) in [7, 11) is 0. The van der Waals surface area contributed by atoms with Crippen molar-refractivity contribution in [3.05, 3.63) is 250 Å². The zero-order valence-corrected chi connectivity index (χ0v) is 41.7. The van der Waals surface area contributed by atoms with E-state index in [2.05, 4.69) is 127 Å². The quantitative estimate of drug-likeness (QED) is 0.112. The second-order valence-electron chi connectivity index (χ2n) is 18.1. The predicted molar refractivity (Wildman–Crippen MR) is 290 cm³/mol. The zero-order valence-electron chi connectivity index (χ0n) is 49.5. The summed E-state index contributed by atoms with van der Waals surface area (Å²) in [5.74, 6) is 1.48. The van der Waals surface area contributed by atoms with E-state index >= 15 is 0 Å². The van der Waals surface area contributed by atoms with Gasteiger partial charge in [0, 0.05) is 28.5 Å². The van der Waals surface area contributed by atoms with Gasteiger partial charge in [-0.1, -0.05) is 178 Å². The molecular weight excluding hydrogens is 1060 g/mol. The summed E-state index contributed by atoms with van der Waals surface area (Å²) in [5.41, 5.74) is 7.52. The largest absolute Gasteiger partial charge is 4.00 e. The van der Waals surface area contributed by atoms with Gasteiger partial charge in [0.05, 0.1) is 52.7 Å². The average molecular weight is 1120 g/mol. The molecular formula is C65H48N5OPt+. The number of pyridine rings is 1. The number of benzene rings is 9. The van der Waals surface area contributed by atoms with E-state index in [0.29, 0.717) is 28.2 Å². The van der Waals surface area contributed by atoms with E-state index in [1.165, 1.54) is 0 Å². The van der Waals surface area contributed by atoms with Gasteiger partial charge in [0.2, 0.25) is 0 Å². The number of fused-ring (bicyclic) bond motifs is 7. The second-order valence-corrected chi connectivity index (χ2v) is 18.1. The Morgan fingerprint density at radius 3 is 1.85 bits per heavy atom. The van der Waals surface area contributed by atoms with Crippen molar-refractivity contribution in [2.45, 2.75) is 26.2 Å². The predicted octanol–water partition coefficient (Wildman–Crippen LogP) is 15.8. The fraction of sp³-hybridized carbons (Fsp3) is 0.0615.